The first kappa shape index (κ1) is 10.3. The minimum atomic E-state index is -0.0430. The maximum atomic E-state index is 11.6. The molecule has 1 aliphatic rings. The number of rotatable bonds is 5. The Hall–Kier alpha value is -0.830. The van der Waals surface area contributed by atoms with Gasteiger partial charge in [0.1, 0.15) is 0 Å². The summed E-state index contributed by atoms with van der Waals surface area (Å²) in [5.74, 6) is 0.164. The fourth-order valence-electron chi connectivity index (χ4n) is 1.37. The van der Waals surface area contributed by atoms with Crippen molar-refractivity contribution >= 4 is 5.91 Å². The molecule has 3 heteroatoms. The maximum Gasteiger partial charge on any atom is 0.224 e. The van der Waals surface area contributed by atoms with E-state index in [0.717, 1.165) is 12.8 Å². The molecular weight excluding hydrogens is 164 g/mol. The van der Waals surface area contributed by atoms with Crippen molar-refractivity contribution in [2.24, 2.45) is 5.73 Å². The zero-order valence-electron chi connectivity index (χ0n) is 8.20. The molecule has 0 aromatic carbocycles. The lowest BCUT2D eigenvalue weighted by Crippen LogP contribution is -2.36. The largest absolute Gasteiger partial charge is 0.336 e. The van der Waals surface area contributed by atoms with Crippen LogP contribution in [0.5, 0.6) is 0 Å². The minimum Gasteiger partial charge on any atom is -0.336 e. The van der Waals surface area contributed by atoms with Crippen LogP contribution in [0.1, 0.15) is 26.2 Å². The topological polar surface area (TPSA) is 46.3 Å². The van der Waals surface area contributed by atoms with Crippen LogP contribution < -0.4 is 5.73 Å². The molecule has 1 saturated carbocycles. The summed E-state index contributed by atoms with van der Waals surface area (Å²) in [6.07, 6.45) is 4.50. The summed E-state index contributed by atoms with van der Waals surface area (Å²) in [6, 6.07) is 0.419. The van der Waals surface area contributed by atoms with Crippen molar-refractivity contribution < 1.29 is 4.79 Å². The molecule has 74 valence electrons. The molecule has 0 heterocycles. The third-order valence-corrected chi connectivity index (χ3v) is 2.13. The van der Waals surface area contributed by atoms with Gasteiger partial charge in [-0.25, -0.2) is 0 Å². The summed E-state index contributed by atoms with van der Waals surface area (Å²) in [6.45, 7) is 6.17. The van der Waals surface area contributed by atoms with Gasteiger partial charge in [-0.2, -0.15) is 0 Å². The van der Waals surface area contributed by atoms with Gasteiger partial charge in [-0.05, 0) is 19.8 Å². The lowest BCUT2D eigenvalue weighted by molar-refractivity contribution is -0.131. The lowest BCUT2D eigenvalue weighted by Gasteiger charge is -2.21. The van der Waals surface area contributed by atoms with E-state index in [-0.39, 0.29) is 11.9 Å². The SMILES string of the molecule is C=CCN(C(=O)CC(C)N)C1CC1. The molecule has 1 amide bonds. The van der Waals surface area contributed by atoms with E-state index < -0.39 is 0 Å². The molecule has 0 aromatic heterocycles. The second-order valence-corrected chi connectivity index (χ2v) is 3.75. The van der Waals surface area contributed by atoms with Gasteiger partial charge in [0.25, 0.3) is 0 Å². The Kier molecular flexibility index (Phi) is 3.48. The number of nitrogens with two attached hydrogens (primary N) is 1. The summed E-state index contributed by atoms with van der Waals surface area (Å²) in [5, 5.41) is 0. The van der Waals surface area contributed by atoms with Gasteiger partial charge >= 0.3 is 0 Å². The van der Waals surface area contributed by atoms with E-state index in [1.54, 1.807) is 6.08 Å². The average Bonchev–Trinajstić information content (AvgIpc) is 2.81. The molecule has 0 aromatic rings. The van der Waals surface area contributed by atoms with Crippen LogP contribution in [0.4, 0.5) is 0 Å². The van der Waals surface area contributed by atoms with Crippen molar-refractivity contribution in [1.82, 2.24) is 4.90 Å². The first-order valence-corrected chi connectivity index (χ1v) is 4.81. The highest BCUT2D eigenvalue weighted by Gasteiger charge is 2.31. The van der Waals surface area contributed by atoms with E-state index in [1.165, 1.54) is 0 Å². The van der Waals surface area contributed by atoms with Crippen LogP contribution in [0.2, 0.25) is 0 Å². The molecule has 1 atom stereocenters. The Bertz CT molecular complexity index is 197. The summed E-state index contributed by atoms with van der Waals surface area (Å²) >= 11 is 0. The molecule has 1 rings (SSSR count). The molecule has 2 N–H and O–H groups in total. The third-order valence-electron chi connectivity index (χ3n) is 2.13. The molecule has 1 unspecified atom stereocenters. The number of carbonyl (C=O) groups excluding carboxylic acids is 1. The van der Waals surface area contributed by atoms with Gasteiger partial charge < -0.3 is 10.6 Å². The summed E-state index contributed by atoms with van der Waals surface area (Å²) in [4.78, 5) is 13.5. The Morgan fingerprint density at radius 2 is 2.38 bits per heavy atom. The van der Waals surface area contributed by atoms with Crippen LogP contribution in [0.15, 0.2) is 12.7 Å². The van der Waals surface area contributed by atoms with Crippen molar-refractivity contribution in [1.29, 1.82) is 0 Å². The normalized spacial score (nSPS) is 18.0. The first-order valence-electron chi connectivity index (χ1n) is 4.81. The number of hydrogen-bond donors (Lipinski definition) is 1. The van der Waals surface area contributed by atoms with Crippen molar-refractivity contribution in [3.63, 3.8) is 0 Å². The van der Waals surface area contributed by atoms with Crippen molar-refractivity contribution in [2.75, 3.05) is 6.54 Å². The van der Waals surface area contributed by atoms with Gasteiger partial charge in [-0.15, -0.1) is 6.58 Å². The van der Waals surface area contributed by atoms with E-state index >= 15 is 0 Å². The molecule has 3 nitrogen and oxygen atoms in total. The molecular formula is C10H18N2O. The highest BCUT2D eigenvalue weighted by Crippen LogP contribution is 2.27. The number of nitrogens with zero attached hydrogens (tertiary/aromatic N) is 1. The summed E-state index contributed by atoms with van der Waals surface area (Å²) < 4.78 is 0. The molecule has 0 saturated heterocycles. The Morgan fingerprint density at radius 3 is 2.77 bits per heavy atom. The van der Waals surface area contributed by atoms with Crippen molar-refractivity contribution in [3.05, 3.63) is 12.7 Å². The fourth-order valence-corrected chi connectivity index (χ4v) is 1.37. The van der Waals surface area contributed by atoms with Gasteiger partial charge in [0.15, 0.2) is 0 Å². The standard InChI is InChI=1S/C10H18N2O/c1-3-6-12(9-4-5-9)10(13)7-8(2)11/h3,8-9H,1,4-7,11H2,2H3. The van der Waals surface area contributed by atoms with Crippen LogP contribution in [-0.4, -0.2) is 29.4 Å². The molecule has 0 aliphatic heterocycles. The van der Waals surface area contributed by atoms with Gasteiger partial charge in [-0.3, -0.25) is 4.79 Å². The van der Waals surface area contributed by atoms with Gasteiger partial charge in [0.2, 0.25) is 5.91 Å². The zero-order chi connectivity index (χ0) is 9.84. The van der Waals surface area contributed by atoms with E-state index in [1.807, 2.05) is 11.8 Å². The monoisotopic (exact) mass is 182 g/mol. The van der Waals surface area contributed by atoms with Crippen LogP contribution >= 0.6 is 0 Å². The zero-order valence-corrected chi connectivity index (χ0v) is 8.20. The quantitative estimate of drug-likeness (QED) is 0.642. The summed E-state index contributed by atoms with van der Waals surface area (Å²) in [5.41, 5.74) is 5.57. The van der Waals surface area contributed by atoms with E-state index in [9.17, 15) is 4.79 Å². The van der Waals surface area contributed by atoms with Crippen LogP contribution in [0, 0.1) is 0 Å². The molecule has 1 fully saturated rings. The van der Waals surface area contributed by atoms with Gasteiger partial charge in [-0.1, -0.05) is 6.08 Å². The van der Waals surface area contributed by atoms with Crippen molar-refractivity contribution in [3.8, 4) is 0 Å². The Morgan fingerprint density at radius 1 is 1.77 bits per heavy atom. The fraction of sp³-hybridized carbons (Fsp3) is 0.700. The molecule has 1 aliphatic carbocycles. The molecule has 0 radical (unpaired) electrons. The maximum absolute atomic E-state index is 11.6. The minimum absolute atomic E-state index is 0.0430. The predicted octanol–water partition coefficient (Wildman–Crippen LogP) is 0.901. The highest BCUT2D eigenvalue weighted by atomic mass is 16.2. The number of hydrogen-bond acceptors (Lipinski definition) is 2. The lowest BCUT2D eigenvalue weighted by atomic mass is 10.2. The highest BCUT2D eigenvalue weighted by molar-refractivity contribution is 5.77. The van der Waals surface area contributed by atoms with E-state index in [0.29, 0.717) is 19.0 Å². The second kappa shape index (κ2) is 4.42. The smallest absolute Gasteiger partial charge is 0.224 e. The van der Waals surface area contributed by atoms with Gasteiger partial charge in [0.05, 0.1) is 0 Å². The second-order valence-electron chi connectivity index (χ2n) is 3.75. The van der Waals surface area contributed by atoms with E-state index in [4.69, 9.17) is 5.73 Å². The van der Waals surface area contributed by atoms with Gasteiger partial charge in [0, 0.05) is 25.0 Å². The van der Waals surface area contributed by atoms with Crippen LogP contribution in [0.3, 0.4) is 0 Å². The van der Waals surface area contributed by atoms with Crippen molar-refractivity contribution in [2.45, 2.75) is 38.3 Å². The Balaban J connectivity index is 2.42. The summed E-state index contributed by atoms with van der Waals surface area (Å²) in [7, 11) is 0. The molecule has 0 bridgehead atoms. The van der Waals surface area contributed by atoms with Crippen LogP contribution in [-0.2, 0) is 4.79 Å². The molecule has 13 heavy (non-hydrogen) atoms. The third kappa shape index (κ3) is 3.19. The van der Waals surface area contributed by atoms with E-state index in [2.05, 4.69) is 6.58 Å². The number of carbonyl (C=O) groups is 1. The number of amides is 1. The predicted molar refractivity (Wildman–Crippen MR) is 53.2 cm³/mol. The first-order chi connectivity index (χ1) is 6.15. The Labute approximate surface area is 79.6 Å². The average molecular weight is 182 g/mol. The van der Waals surface area contributed by atoms with Crippen LogP contribution in [0.25, 0.3) is 0 Å². The molecule has 0 spiro atoms.